The predicted octanol–water partition coefficient (Wildman–Crippen LogP) is 4.03. The topological polar surface area (TPSA) is 74.1 Å². The van der Waals surface area contributed by atoms with Crippen molar-refractivity contribution in [3.8, 4) is 11.5 Å². The fourth-order valence-corrected chi connectivity index (χ4v) is 3.74. The molecule has 2 aromatic carbocycles. The highest BCUT2D eigenvalue weighted by molar-refractivity contribution is 14.1. The number of halogens is 3. The first-order valence-electron chi connectivity index (χ1n) is 8.48. The van der Waals surface area contributed by atoms with Crippen LogP contribution in [0.5, 0.6) is 11.5 Å². The maximum absolute atomic E-state index is 13.1. The van der Waals surface area contributed by atoms with Crippen molar-refractivity contribution in [2.24, 2.45) is 0 Å². The Morgan fingerprint density at radius 1 is 1.21 bits per heavy atom. The molecule has 7 nitrogen and oxygen atoms in total. The lowest BCUT2D eigenvalue weighted by Crippen LogP contribution is -2.28. The number of tetrazole rings is 1. The molecule has 10 heteroatoms. The Bertz CT molecular complexity index is 967. The number of aromatic nitrogens is 4. The van der Waals surface area contributed by atoms with E-state index in [1.165, 1.54) is 7.11 Å². The van der Waals surface area contributed by atoms with Crippen molar-refractivity contribution in [2.75, 3.05) is 12.4 Å². The van der Waals surface area contributed by atoms with Crippen LogP contribution in [0.25, 0.3) is 0 Å². The quantitative estimate of drug-likeness (QED) is 0.535. The van der Waals surface area contributed by atoms with Crippen LogP contribution >= 0.6 is 22.6 Å². The molecule has 1 aliphatic heterocycles. The van der Waals surface area contributed by atoms with Crippen LogP contribution in [0.4, 0.5) is 14.7 Å². The molecule has 0 amide bonds. The highest BCUT2D eigenvalue weighted by Gasteiger charge is 2.33. The van der Waals surface area contributed by atoms with Crippen molar-refractivity contribution in [3.05, 3.63) is 57.2 Å². The number of ether oxygens (including phenoxy) is 2. The molecule has 0 unspecified atom stereocenters. The molecule has 0 aliphatic carbocycles. The molecule has 0 spiro atoms. The highest BCUT2D eigenvalue weighted by atomic mass is 127. The molecule has 0 radical (unpaired) electrons. The van der Waals surface area contributed by atoms with Crippen LogP contribution in [-0.2, 0) is 0 Å². The van der Waals surface area contributed by atoms with Gasteiger partial charge in [0, 0.05) is 9.13 Å². The van der Waals surface area contributed by atoms with E-state index in [4.69, 9.17) is 9.47 Å². The lowest BCUT2D eigenvalue weighted by molar-refractivity contribution is -0.0521. The largest absolute Gasteiger partial charge is 0.493 e. The zero-order chi connectivity index (χ0) is 19.7. The summed E-state index contributed by atoms with van der Waals surface area (Å²) in [6.45, 7) is -2.97. The molecular formula is C18H16F2IN5O2. The zero-order valence-electron chi connectivity index (χ0n) is 14.7. The van der Waals surface area contributed by atoms with Crippen LogP contribution in [0.2, 0.25) is 0 Å². The van der Waals surface area contributed by atoms with Crippen LogP contribution < -0.4 is 14.8 Å². The van der Waals surface area contributed by atoms with Gasteiger partial charge in [0.2, 0.25) is 5.95 Å². The molecule has 0 fully saturated rings. The highest BCUT2D eigenvalue weighted by Crippen LogP contribution is 2.43. The first-order chi connectivity index (χ1) is 13.6. The first kappa shape index (κ1) is 18.8. The Hall–Kier alpha value is -2.50. The normalized spacial score (nSPS) is 18.5. The smallest absolute Gasteiger partial charge is 0.387 e. The number of methoxy groups -OCH3 is 1. The lowest BCUT2D eigenvalue weighted by atomic mass is 9.92. The van der Waals surface area contributed by atoms with E-state index >= 15 is 0 Å². The number of anilines is 1. The average molecular weight is 499 g/mol. The van der Waals surface area contributed by atoms with E-state index in [2.05, 4.69) is 43.4 Å². The van der Waals surface area contributed by atoms with Gasteiger partial charge in [0.05, 0.1) is 19.2 Å². The molecule has 4 rings (SSSR count). The van der Waals surface area contributed by atoms with E-state index in [1.807, 2.05) is 24.3 Å². The van der Waals surface area contributed by atoms with Crippen LogP contribution in [0.15, 0.2) is 42.5 Å². The van der Waals surface area contributed by atoms with Gasteiger partial charge >= 0.3 is 6.61 Å². The van der Waals surface area contributed by atoms with Gasteiger partial charge in [-0.1, -0.05) is 29.4 Å². The van der Waals surface area contributed by atoms with Crippen LogP contribution in [-0.4, -0.2) is 33.9 Å². The summed E-state index contributed by atoms with van der Waals surface area (Å²) in [5, 5.41) is 15.1. The standard InChI is InChI=1S/C18H16F2IN5O2/c1-27-15-4-2-3-12(16(15)28-17(19)20)14-9-13(10-5-7-11(21)8-6-10)22-18-23-24-25-26(14)18/h2-8,13-14,17H,9H2,1H3,(H,22,23,25)/t13-,14+/m0/s1. The third kappa shape index (κ3) is 3.60. The summed E-state index contributed by atoms with van der Waals surface area (Å²) in [7, 11) is 1.41. The Labute approximate surface area is 173 Å². The van der Waals surface area contributed by atoms with E-state index in [1.54, 1.807) is 22.9 Å². The zero-order valence-corrected chi connectivity index (χ0v) is 16.9. The first-order valence-corrected chi connectivity index (χ1v) is 9.56. The van der Waals surface area contributed by atoms with Crippen molar-refractivity contribution >= 4 is 28.5 Å². The molecular weight excluding hydrogens is 483 g/mol. The molecule has 2 heterocycles. The fraction of sp³-hybridized carbons (Fsp3) is 0.278. The van der Waals surface area contributed by atoms with Gasteiger partial charge in [-0.2, -0.15) is 8.78 Å². The molecule has 2 atom stereocenters. The number of nitrogens with one attached hydrogen (secondary N) is 1. The summed E-state index contributed by atoms with van der Waals surface area (Å²) >= 11 is 2.24. The summed E-state index contributed by atoms with van der Waals surface area (Å²) in [5.41, 5.74) is 1.59. The van der Waals surface area contributed by atoms with Crippen LogP contribution in [0.1, 0.15) is 29.6 Å². The lowest BCUT2D eigenvalue weighted by Gasteiger charge is -2.32. The summed E-state index contributed by atoms with van der Waals surface area (Å²) < 4.78 is 38.9. The minimum atomic E-state index is -2.97. The van der Waals surface area contributed by atoms with Crippen molar-refractivity contribution in [3.63, 3.8) is 0 Å². The minimum Gasteiger partial charge on any atom is -0.493 e. The molecule has 146 valence electrons. The minimum absolute atomic E-state index is 0.00490. The van der Waals surface area contributed by atoms with Gasteiger partial charge in [0.15, 0.2) is 11.5 Å². The van der Waals surface area contributed by atoms with E-state index < -0.39 is 12.7 Å². The summed E-state index contributed by atoms with van der Waals surface area (Å²) in [6.07, 6.45) is 0.547. The maximum atomic E-state index is 13.1. The van der Waals surface area contributed by atoms with Gasteiger partial charge in [0.1, 0.15) is 0 Å². The molecule has 28 heavy (non-hydrogen) atoms. The third-order valence-corrected chi connectivity index (χ3v) is 5.34. The van der Waals surface area contributed by atoms with E-state index in [9.17, 15) is 8.78 Å². The number of nitrogens with zero attached hydrogens (tertiary/aromatic N) is 4. The van der Waals surface area contributed by atoms with Crippen molar-refractivity contribution in [1.29, 1.82) is 0 Å². The number of hydrogen-bond donors (Lipinski definition) is 1. The average Bonchev–Trinajstić information content (AvgIpc) is 3.16. The molecule has 1 N–H and O–H groups in total. The number of hydrogen-bond acceptors (Lipinski definition) is 6. The Kier molecular flexibility index (Phi) is 5.29. The number of rotatable bonds is 5. The van der Waals surface area contributed by atoms with E-state index in [-0.39, 0.29) is 17.5 Å². The van der Waals surface area contributed by atoms with Crippen molar-refractivity contribution in [1.82, 2.24) is 20.2 Å². The number of para-hydroxylation sites is 1. The molecule has 1 aliphatic rings. The van der Waals surface area contributed by atoms with Gasteiger partial charge in [0.25, 0.3) is 0 Å². The van der Waals surface area contributed by atoms with E-state index in [0.29, 0.717) is 17.9 Å². The van der Waals surface area contributed by atoms with Gasteiger partial charge in [-0.15, -0.1) is 0 Å². The third-order valence-electron chi connectivity index (χ3n) is 4.62. The number of benzene rings is 2. The number of fused-ring (bicyclic) bond motifs is 1. The summed E-state index contributed by atoms with van der Waals surface area (Å²) in [6, 6.07) is 12.6. The Morgan fingerprint density at radius 3 is 2.71 bits per heavy atom. The van der Waals surface area contributed by atoms with Crippen molar-refractivity contribution < 1.29 is 18.3 Å². The second kappa shape index (κ2) is 7.86. The van der Waals surface area contributed by atoms with Crippen LogP contribution in [0.3, 0.4) is 0 Å². The molecule has 0 bridgehead atoms. The summed E-state index contributed by atoms with van der Waals surface area (Å²) in [4.78, 5) is 0. The fourth-order valence-electron chi connectivity index (χ4n) is 3.38. The molecule has 0 saturated carbocycles. The second-order valence-corrected chi connectivity index (χ2v) is 7.45. The van der Waals surface area contributed by atoms with Gasteiger partial charge < -0.3 is 14.8 Å². The molecule has 0 saturated heterocycles. The molecule has 1 aromatic heterocycles. The van der Waals surface area contributed by atoms with Gasteiger partial charge in [-0.05, 0) is 63.2 Å². The maximum Gasteiger partial charge on any atom is 0.387 e. The predicted molar refractivity (Wildman–Crippen MR) is 106 cm³/mol. The van der Waals surface area contributed by atoms with Gasteiger partial charge in [-0.3, -0.25) is 0 Å². The van der Waals surface area contributed by atoms with E-state index in [0.717, 1.165) is 9.13 Å². The summed E-state index contributed by atoms with van der Waals surface area (Å²) in [5.74, 6) is 0.692. The monoisotopic (exact) mass is 499 g/mol. The Balaban J connectivity index is 1.78. The van der Waals surface area contributed by atoms with Crippen molar-refractivity contribution in [2.45, 2.75) is 25.1 Å². The van der Waals surface area contributed by atoms with Gasteiger partial charge in [-0.25, -0.2) is 4.68 Å². The second-order valence-electron chi connectivity index (χ2n) is 6.20. The number of alkyl halides is 2. The van der Waals surface area contributed by atoms with Crippen LogP contribution in [0, 0.1) is 3.57 Å². The Morgan fingerprint density at radius 2 is 2.00 bits per heavy atom. The molecule has 3 aromatic rings. The SMILES string of the molecule is COc1cccc([C@H]2C[C@@H](c3ccc(I)cc3)Nc3nnnn32)c1OC(F)F.